The molecule has 33 heavy (non-hydrogen) atoms. The van der Waals surface area contributed by atoms with Gasteiger partial charge in [0.2, 0.25) is 0 Å². The fourth-order valence-electron chi connectivity index (χ4n) is 4.31. The Kier molecular flexibility index (Phi) is 7.15. The maximum atomic E-state index is 9.78. The van der Waals surface area contributed by atoms with Crippen molar-refractivity contribution in [2.24, 2.45) is 0 Å². The molecule has 3 aromatic carbocycles. The van der Waals surface area contributed by atoms with Gasteiger partial charge in [-0.15, -0.1) is 0 Å². The van der Waals surface area contributed by atoms with E-state index in [9.17, 15) is 5.26 Å². The molecule has 1 unspecified atom stereocenters. The number of methoxy groups -OCH3 is 1. The predicted molar refractivity (Wildman–Crippen MR) is 132 cm³/mol. The number of nitriles is 1. The van der Waals surface area contributed by atoms with Gasteiger partial charge in [-0.3, -0.25) is 4.90 Å². The van der Waals surface area contributed by atoms with Crippen LogP contribution in [0.25, 0.3) is 4.85 Å². The molecule has 6 heteroatoms. The molecule has 1 heterocycles. The maximum Gasteiger partial charge on any atom is 0.187 e. The molecule has 166 valence electrons. The molecule has 0 amide bonds. The highest BCUT2D eigenvalue weighted by Crippen LogP contribution is 2.35. The second-order valence-corrected chi connectivity index (χ2v) is 8.52. The average Bonchev–Trinajstić information content (AvgIpc) is 2.87. The summed E-state index contributed by atoms with van der Waals surface area (Å²) < 4.78 is 5.32. The van der Waals surface area contributed by atoms with Crippen molar-refractivity contribution >= 4 is 23.0 Å². The van der Waals surface area contributed by atoms with Crippen molar-refractivity contribution in [1.29, 1.82) is 5.26 Å². The van der Waals surface area contributed by atoms with Crippen LogP contribution in [0, 0.1) is 17.9 Å². The van der Waals surface area contributed by atoms with Gasteiger partial charge in [0.05, 0.1) is 31.0 Å². The Balaban J connectivity index is 1.56. The number of nitrogens with zero attached hydrogens (tertiary/aromatic N) is 4. The van der Waals surface area contributed by atoms with Crippen molar-refractivity contribution in [2.75, 3.05) is 38.2 Å². The Hall–Kier alpha value is -3.51. The molecule has 4 rings (SSSR count). The van der Waals surface area contributed by atoms with Crippen LogP contribution in [0.3, 0.4) is 0 Å². The standard InChI is InChI=1S/C27H25ClN4O/c1-30-24-9-3-20(4-10-24)13-14-31-15-16-32(26-12-11-25(33-2)17-22(26)18-29)27(19-31)21-5-7-23(28)8-6-21/h3-12,17,27H,13-16,19H2,2H3. The lowest BCUT2D eigenvalue weighted by molar-refractivity contribution is 0.226. The van der Waals surface area contributed by atoms with Crippen LogP contribution in [0.2, 0.25) is 5.02 Å². The van der Waals surface area contributed by atoms with E-state index in [4.69, 9.17) is 22.9 Å². The molecule has 3 aromatic rings. The Bertz CT molecular complexity index is 1180. The molecule has 0 bridgehead atoms. The van der Waals surface area contributed by atoms with E-state index in [1.165, 1.54) is 11.1 Å². The van der Waals surface area contributed by atoms with Crippen LogP contribution in [0.5, 0.6) is 5.75 Å². The number of ether oxygens (including phenoxy) is 1. The molecule has 1 aliphatic heterocycles. The second-order valence-electron chi connectivity index (χ2n) is 8.08. The number of hydrogen-bond acceptors (Lipinski definition) is 4. The number of benzene rings is 3. The number of rotatable bonds is 6. The Morgan fingerprint density at radius 3 is 2.52 bits per heavy atom. The number of hydrogen-bond donors (Lipinski definition) is 0. The lowest BCUT2D eigenvalue weighted by Crippen LogP contribution is -2.49. The van der Waals surface area contributed by atoms with E-state index in [0.29, 0.717) is 22.0 Å². The summed E-state index contributed by atoms with van der Waals surface area (Å²) in [5.74, 6) is 0.682. The van der Waals surface area contributed by atoms with Crippen LogP contribution >= 0.6 is 11.6 Å². The molecule has 0 N–H and O–H groups in total. The van der Waals surface area contributed by atoms with E-state index in [0.717, 1.165) is 38.3 Å². The average molecular weight is 457 g/mol. The van der Waals surface area contributed by atoms with Crippen molar-refractivity contribution in [3.05, 3.63) is 99.9 Å². The minimum atomic E-state index is 0.0982. The Morgan fingerprint density at radius 1 is 1.09 bits per heavy atom. The van der Waals surface area contributed by atoms with E-state index in [1.807, 2.05) is 48.5 Å². The fourth-order valence-corrected chi connectivity index (χ4v) is 4.43. The molecule has 0 spiro atoms. The number of halogens is 1. The largest absolute Gasteiger partial charge is 0.497 e. The van der Waals surface area contributed by atoms with Gasteiger partial charge in [0.15, 0.2) is 5.69 Å². The van der Waals surface area contributed by atoms with Gasteiger partial charge in [-0.05, 0) is 47.9 Å². The van der Waals surface area contributed by atoms with Crippen molar-refractivity contribution in [2.45, 2.75) is 12.5 Å². The van der Waals surface area contributed by atoms with Gasteiger partial charge in [-0.25, -0.2) is 4.85 Å². The minimum absolute atomic E-state index is 0.0982. The second kappa shape index (κ2) is 10.4. The topological polar surface area (TPSA) is 43.9 Å². The van der Waals surface area contributed by atoms with E-state index < -0.39 is 0 Å². The Morgan fingerprint density at radius 2 is 1.85 bits per heavy atom. The van der Waals surface area contributed by atoms with E-state index in [1.54, 1.807) is 13.2 Å². The summed E-state index contributed by atoms with van der Waals surface area (Å²) in [7, 11) is 1.61. The quantitative estimate of drug-likeness (QED) is 0.434. The molecule has 0 aromatic heterocycles. The highest BCUT2D eigenvalue weighted by molar-refractivity contribution is 6.30. The van der Waals surface area contributed by atoms with Gasteiger partial charge in [0.1, 0.15) is 11.8 Å². The zero-order valence-corrected chi connectivity index (χ0v) is 19.3. The highest BCUT2D eigenvalue weighted by atomic mass is 35.5. The molecular formula is C27H25ClN4O. The van der Waals surface area contributed by atoms with Crippen LogP contribution < -0.4 is 9.64 Å². The van der Waals surface area contributed by atoms with Crippen molar-refractivity contribution in [3.63, 3.8) is 0 Å². The zero-order valence-electron chi connectivity index (χ0n) is 18.5. The molecule has 0 radical (unpaired) electrons. The maximum absolute atomic E-state index is 9.78. The molecular weight excluding hydrogens is 432 g/mol. The van der Waals surface area contributed by atoms with Gasteiger partial charge in [0.25, 0.3) is 0 Å². The van der Waals surface area contributed by atoms with Gasteiger partial charge in [-0.1, -0.05) is 48.0 Å². The van der Waals surface area contributed by atoms with Crippen LogP contribution in [-0.2, 0) is 6.42 Å². The number of anilines is 1. The molecule has 1 saturated heterocycles. The first-order valence-corrected chi connectivity index (χ1v) is 11.3. The molecule has 0 aliphatic carbocycles. The SMILES string of the molecule is [C-]#[N+]c1ccc(CCN2CCN(c3ccc(OC)cc3C#N)C(c3ccc(Cl)cc3)C2)cc1. The monoisotopic (exact) mass is 456 g/mol. The summed E-state index contributed by atoms with van der Waals surface area (Å²) in [5.41, 5.74) is 4.61. The molecule has 1 fully saturated rings. The van der Waals surface area contributed by atoms with Gasteiger partial charge in [-0.2, -0.15) is 5.26 Å². The van der Waals surface area contributed by atoms with E-state index in [2.05, 4.69) is 32.8 Å². The van der Waals surface area contributed by atoms with Gasteiger partial charge >= 0.3 is 0 Å². The zero-order chi connectivity index (χ0) is 23.2. The lowest BCUT2D eigenvalue weighted by Gasteiger charge is -2.43. The van der Waals surface area contributed by atoms with Crippen LogP contribution in [0.15, 0.2) is 66.7 Å². The summed E-state index contributed by atoms with van der Waals surface area (Å²) in [6.45, 7) is 10.6. The summed E-state index contributed by atoms with van der Waals surface area (Å²) in [6, 6.07) is 24.0. The molecule has 5 nitrogen and oxygen atoms in total. The van der Waals surface area contributed by atoms with Crippen LogP contribution in [0.4, 0.5) is 11.4 Å². The molecule has 0 saturated carbocycles. The first-order chi connectivity index (χ1) is 16.1. The van der Waals surface area contributed by atoms with E-state index >= 15 is 0 Å². The Labute approximate surface area is 200 Å². The highest BCUT2D eigenvalue weighted by Gasteiger charge is 2.30. The smallest absolute Gasteiger partial charge is 0.187 e. The molecule has 1 aliphatic rings. The predicted octanol–water partition coefficient (Wildman–Crippen LogP) is 5.88. The molecule has 1 atom stereocenters. The third-order valence-corrected chi connectivity index (χ3v) is 6.39. The van der Waals surface area contributed by atoms with Crippen molar-refractivity contribution in [1.82, 2.24) is 4.90 Å². The van der Waals surface area contributed by atoms with Gasteiger partial charge in [0, 0.05) is 31.2 Å². The van der Waals surface area contributed by atoms with Crippen LogP contribution in [-0.4, -0.2) is 38.2 Å². The summed E-state index contributed by atoms with van der Waals surface area (Å²) in [4.78, 5) is 8.26. The fraction of sp³-hybridized carbons (Fsp3) is 0.259. The third-order valence-electron chi connectivity index (χ3n) is 6.14. The first kappa shape index (κ1) is 22.7. The normalized spacial score (nSPS) is 16.1. The van der Waals surface area contributed by atoms with E-state index in [-0.39, 0.29) is 6.04 Å². The summed E-state index contributed by atoms with van der Waals surface area (Å²) >= 11 is 6.15. The van der Waals surface area contributed by atoms with Crippen molar-refractivity contribution in [3.8, 4) is 11.8 Å². The van der Waals surface area contributed by atoms with Crippen LogP contribution in [0.1, 0.15) is 22.7 Å². The minimum Gasteiger partial charge on any atom is -0.497 e. The van der Waals surface area contributed by atoms with Crippen molar-refractivity contribution < 1.29 is 4.74 Å². The summed E-state index contributed by atoms with van der Waals surface area (Å²) in [6.07, 6.45) is 0.928. The lowest BCUT2D eigenvalue weighted by atomic mass is 9.99. The first-order valence-electron chi connectivity index (χ1n) is 10.9. The van der Waals surface area contributed by atoms with Gasteiger partial charge < -0.3 is 9.64 Å². The summed E-state index contributed by atoms with van der Waals surface area (Å²) in [5, 5.41) is 10.5. The number of piperazine rings is 1. The third kappa shape index (κ3) is 5.29.